The van der Waals surface area contributed by atoms with Gasteiger partial charge in [0, 0.05) is 5.92 Å². The van der Waals surface area contributed by atoms with Gasteiger partial charge in [0.25, 0.3) is 0 Å². The Bertz CT molecular complexity index is 115. The minimum Gasteiger partial charge on any atom is -0.300 e. The quantitative estimate of drug-likeness (QED) is 0.515. The van der Waals surface area contributed by atoms with E-state index in [1.165, 1.54) is 23.7 Å². The summed E-state index contributed by atoms with van der Waals surface area (Å²) in [6, 6.07) is 0. The van der Waals surface area contributed by atoms with Gasteiger partial charge in [-0.2, -0.15) is 0 Å². The molecule has 0 aliphatic heterocycles. The molecule has 0 saturated heterocycles. The first-order valence-corrected chi connectivity index (χ1v) is 6.31. The number of hydrogen-bond donors (Lipinski definition) is 0. The highest BCUT2D eigenvalue weighted by Gasteiger charge is 2.12. The van der Waals surface area contributed by atoms with Gasteiger partial charge in [0.15, 0.2) is 0 Å². The fourth-order valence-electron chi connectivity index (χ4n) is 1.32. The van der Waals surface area contributed by atoms with Crippen molar-refractivity contribution in [2.24, 2.45) is 5.92 Å². The molecule has 0 heterocycles. The summed E-state index contributed by atoms with van der Waals surface area (Å²) in [5, 5.41) is 0. The Labute approximate surface area is 89.4 Å². The number of ketones is 1. The highest BCUT2D eigenvalue weighted by molar-refractivity contribution is 14.1. The zero-order chi connectivity index (χ0) is 9.40. The molecule has 2 heteroatoms. The van der Waals surface area contributed by atoms with Crippen LogP contribution in [-0.2, 0) is 4.79 Å². The Kier molecular flexibility index (Phi) is 8.29. The molecule has 0 aromatic rings. The van der Waals surface area contributed by atoms with Gasteiger partial charge in [0.2, 0.25) is 0 Å². The number of alkyl halides is 1. The lowest BCUT2D eigenvalue weighted by atomic mass is 9.94. The molecule has 0 aliphatic carbocycles. The van der Waals surface area contributed by atoms with E-state index < -0.39 is 0 Å². The zero-order valence-corrected chi connectivity index (χ0v) is 10.3. The third-order valence-corrected chi connectivity index (χ3v) is 2.93. The maximum Gasteiger partial charge on any atom is 0.132 e. The van der Waals surface area contributed by atoms with Crippen molar-refractivity contribution >= 4 is 28.4 Å². The van der Waals surface area contributed by atoms with Gasteiger partial charge in [-0.25, -0.2) is 0 Å². The smallest absolute Gasteiger partial charge is 0.132 e. The highest BCUT2D eigenvalue weighted by atomic mass is 127. The first kappa shape index (κ1) is 12.4. The molecule has 0 aromatic carbocycles. The van der Waals surface area contributed by atoms with E-state index in [0.717, 1.165) is 12.8 Å². The second kappa shape index (κ2) is 8.02. The number of unbranched alkanes of at least 4 members (excludes halogenated alkanes) is 1. The number of carbonyl (C=O) groups is 1. The molecule has 0 amide bonds. The second-order valence-corrected chi connectivity index (χ2v) is 4.36. The highest BCUT2D eigenvalue weighted by Crippen LogP contribution is 2.16. The summed E-state index contributed by atoms with van der Waals surface area (Å²) < 4.78 is 1.17. The molecule has 0 fully saturated rings. The minimum atomic E-state index is 0.347. The molecule has 0 N–H and O–H groups in total. The van der Waals surface area contributed by atoms with Gasteiger partial charge >= 0.3 is 0 Å². The lowest BCUT2D eigenvalue weighted by Gasteiger charge is -2.11. The molecular weight excluding hydrogens is 263 g/mol. The molecule has 12 heavy (non-hydrogen) atoms. The van der Waals surface area contributed by atoms with Crippen LogP contribution in [0.15, 0.2) is 0 Å². The van der Waals surface area contributed by atoms with Gasteiger partial charge < -0.3 is 0 Å². The molecule has 0 aromatic heterocycles. The molecule has 0 aliphatic rings. The Balaban J connectivity index is 3.62. The number of Topliss-reactive ketones (excluding diaryl/α,β-unsaturated/α-hetero) is 1. The molecule has 0 rings (SSSR count). The van der Waals surface area contributed by atoms with E-state index in [4.69, 9.17) is 0 Å². The van der Waals surface area contributed by atoms with Gasteiger partial charge in [-0.1, -0.05) is 42.4 Å². The average Bonchev–Trinajstić information content (AvgIpc) is 2.04. The van der Waals surface area contributed by atoms with Crippen molar-refractivity contribution in [1.82, 2.24) is 0 Å². The Morgan fingerprint density at radius 3 is 2.33 bits per heavy atom. The second-order valence-electron chi connectivity index (χ2n) is 3.28. The summed E-state index contributed by atoms with van der Waals surface area (Å²) in [6.07, 6.45) is 5.79. The van der Waals surface area contributed by atoms with Crippen LogP contribution in [0.1, 0.15) is 46.0 Å². The monoisotopic (exact) mass is 282 g/mol. The molecule has 1 unspecified atom stereocenters. The Hall–Kier alpha value is 0.400. The van der Waals surface area contributed by atoms with Crippen LogP contribution in [0.3, 0.4) is 0 Å². The summed E-state index contributed by atoms with van der Waals surface area (Å²) in [5.74, 6) is 0.730. The van der Waals surface area contributed by atoms with Crippen molar-refractivity contribution < 1.29 is 4.79 Å². The van der Waals surface area contributed by atoms with Gasteiger partial charge in [-0.15, -0.1) is 0 Å². The zero-order valence-electron chi connectivity index (χ0n) is 8.11. The normalized spacial score (nSPS) is 12.9. The summed E-state index contributed by atoms with van der Waals surface area (Å²) in [7, 11) is 0. The topological polar surface area (TPSA) is 17.1 Å². The minimum absolute atomic E-state index is 0.347. The lowest BCUT2D eigenvalue weighted by molar-refractivity contribution is -0.121. The molecule has 0 saturated carbocycles. The van der Waals surface area contributed by atoms with Crippen molar-refractivity contribution in [1.29, 1.82) is 0 Å². The number of rotatable bonds is 7. The van der Waals surface area contributed by atoms with Crippen molar-refractivity contribution in [2.45, 2.75) is 46.0 Å². The first-order valence-electron chi connectivity index (χ1n) is 4.78. The van der Waals surface area contributed by atoms with Crippen LogP contribution in [0.2, 0.25) is 0 Å². The van der Waals surface area contributed by atoms with Gasteiger partial charge in [-0.3, -0.25) is 4.79 Å². The first-order chi connectivity index (χ1) is 5.72. The maximum absolute atomic E-state index is 11.2. The van der Waals surface area contributed by atoms with Crippen LogP contribution in [0.25, 0.3) is 0 Å². The standard InChI is InChI=1S/C10H19IO/c1-3-4-6-10(9(2)12)7-5-8-11/h10H,3-8H2,1-2H3. The van der Waals surface area contributed by atoms with E-state index in [2.05, 4.69) is 29.5 Å². The van der Waals surface area contributed by atoms with E-state index >= 15 is 0 Å². The lowest BCUT2D eigenvalue weighted by Crippen LogP contribution is -2.10. The SMILES string of the molecule is CCCCC(CCCI)C(C)=O. The summed E-state index contributed by atoms with van der Waals surface area (Å²) in [6.45, 7) is 3.91. The van der Waals surface area contributed by atoms with Gasteiger partial charge in [0.05, 0.1) is 0 Å². The molecule has 72 valence electrons. The summed E-state index contributed by atoms with van der Waals surface area (Å²) in [5.41, 5.74) is 0. The van der Waals surface area contributed by atoms with Crippen LogP contribution in [-0.4, -0.2) is 10.2 Å². The van der Waals surface area contributed by atoms with E-state index in [-0.39, 0.29) is 0 Å². The fraction of sp³-hybridized carbons (Fsp3) is 0.900. The van der Waals surface area contributed by atoms with Crippen LogP contribution >= 0.6 is 22.6 Å². The van der Waals surface area contributed by atoms with Crippen molar-refractivity contribution in [3.8, 4) is 0 Å². The van der Waals surface area contributed by atoms with Crippen molar-refractivity contribution in [2.75, 3.05) is 4.43 Å². The maximum atomic E-state index is 11.2. The Morgan fingerprint density at radius 2 is 1.92 bits per heavy atom. The predicted octanol–water partition coefficient (Wildman–Crippen LogP) is 3.60. The van der Waals surface area contributed by atoms with E-state index in [0.29, 0.717) is 11.7 Å². The van der Waals surface area contributed by atoms with Crippen LogP contribution in [0.4, 0.5) is 0 Å². The fourth-order valence-corrected chi connectivity index (χ4v) is 1.77. The third-order valence-electron chi connectivity index (χ3n) is 2.17. The van der Waals surface area contributed by atoms with Crippen LogP contribution in [0, 0.1) is 5.92 Å². The molecule has 0 radical (unpaired) electrons. The summed E-state index contributed by atoms with van der Waals surface area (Å²) in [4.78, 5) is 11.2. The van der Waals surface area contributed by atoms with Crippen LogP contribution in [0.5, 0.6) is 0 Å². The van der Waals surface area contributed by atoms with Gasteiger partial charge in [-0.05, 0) is 30.6 Å². The molecule has 1 atom stereocenters. The Morgan fingerprint density at radius 1 is 1.33 bits per heavy atom. The number of carbonyl (C=O) groups excluding carboxylic acids is 1. The van der Waals surface area contributed by atoms with Gasteiger partial charge in [0.1, 0.15) is 5.78 Å². The molecular formula is C10H19IO. The summed E-state index contributed by atoms with van der Waals surface area (Å²) >= 11 is 2.37. The van der Waals surface area contributed by atoms with Crippen LogP contribution < -0.4 is 0 Å². The molecule has 0 spiro atoms. The van der Waals surface area contributed by atoms with E-state index in [1.807, 2.05) is 0 Å². The predicted molar refractivity (Wildman–Crippen MR) is 61.8 cm³/mol. The third kappa shape index (κ3) is 5.98. The number of hydrogen-bond acceptors (Lipinski definition) is 1. The van der Waals surface area contributed by atoms with Crippen molar-refractivity contribution in [3.63, 3.8) is 0 Å². The number of halogens is 1. The van der Waals surface area contributed by atoms with E-state index in [9.17, 15) is 4.79 Å². The van der Waals surface area contributed by atoms with E-state index in [1.54, 1.807) is 6.92 Å². The molecule has 0 bridgehead atoms. The largest absolute Gasteiger partial charge is 0.300 e. The average molecular weight is 282 g/mol. The van der Waals surface area contributed by atoms with Crippen molar-refractivity contribution in [3.05, 3.63) is 0 Å². The molecule has 1 nitrogen and oxygen atoms in total.